The second kappa shape index (κ2) is 6.39. The first-order valence-electron chi connectivity index (χ1n) is 6.86. The Balaban J connectivity index is 2.63. The molecule has 0 aliphatic carbocycles. The van der Waals surface area contributed by atoms with Crippen LogP contribution in [0, 0.1) is 5.92 Å². The van der Waals surface area contributed by atoms with Gasteiger partial charge in [0, 0.05) is 11.0 Å². The Hall–Kier alpha value is -1.36. The van der Waals surface area contributed by atoms with Crippen LogP contribution in [0.3, 0.4) is 0 Å². The molecular weight excluding hydrogens is 320 g/mol. The van der Waals surface area contributed by atoms with Crippen LogP contribution >= 0.6 is 15.9 Å². The fourth-order valence-corrected chi connectivity index (χ4v) is 2.36. The predicted octanol–water partition coefficient (Wildman–Crippen LogP) is 3.60. The summed E-state index contributed by atoms with van der Waals surface area (Å²) in [5.41, 5.74) is -0.0648. The van der Waals surface area contributed by atoms with Gasteiger partial charge in [0.1, 0.15) is 0 Å². The Kier molecular flexibility index (Phi) is 4.81. The van der Waals surface area contributed by atoms with Gasteiger partial charge in [-0.1, -0.05) is 36.7 Å². The van der Waals surface area contributed by atoms with Gasteiger partial charge in [0.25, 0.3) is 5.56 Å². The van der Waals surface area contributed by atoms with E-state index in [0.29, 0.717) is 30.3 Å². The molecule has 0 spiro atoms. The Morgan fingerprint density at radius 1 is 1.35 bits per heavy atom. The topological polar surface area (TPSA) is 44.1 Å². The van der Waals surface area contributed by atoms with Gasteiger partial charge in [-0.15, -0.1) is 5.10 Å². The third kappa shape index (κ3) is 3.20. The first kappa shape index (κ1) is 15.0. The number of rotatable bonds is 5. The van der Waals surface area contributed by atoms with Crippen molar-refractivity contribution in [3.8, 4) is 5.88 Å². The highest BCUT2D eigenvalue weighted by Crippen LogP contribution is 2.24. The maximum absolute atomic E-state index is 12.4. The fourth-order valence-electron chi connectivity index (χ4n) is 2.00. The number of benzene rings is 1. The zero-order valence-corrected chi connectivity index (χ0v) is 13.6. The standard InChI is InChI=1S/C15H19BrN2O2/c1-4-7-20-14-13-8-11(16)5-6-12(13)15(19)18(17-14)9-10(2)3/h5-6,8,10H,4,7,9H2,1-3H3. The van der Waals surface area contributed by atoms with Gasteiger partial charge in [-0.3, -0.25) is 4.79 Å². The number of ether oxygens (including phenoxy) is 1. The largest absolute Gasteiger partial charge is 0.476 e. The van der Waals surface area contributed by atoms with Crippen molar-refractivity contribution in [3.05, 3.63) is 33.0 Å². The van der Waals surface area contributed by atoms with Gasteiger partial charge >= 0.3 is 0 Å². The van der Waals surface area contributed by atoms with Crippen LogP contribution in [0.25, 0.3) is 10.8 Å². The number of hydrogen-bond donors (Lipinski definition) is 0. The van der Waals surface area contributed by atoms with Crippen molar-refractivity contribution >= 4 is 26.7 Å². The minimum atomic E-state index is -0.0648. The molecule has 0 saturated heterocycles. The van der Waals surface area contributed by atoms with Crippen LogP contribution in [0.15, 0.2) is 27.5 Å². The van der Waals surface area contributed by atoms with Gasteiger partial charge < -0.3 is 4.74 Å². The molecule has 0 bridgehead atoms. The minimum absolute atomic E-state index is 0.0648. The molecule has 0 fully saturated rings. The molecule has 2 rings (SSSR count). The molecule has 0 amide bonds. The summed E-state index contributed by atoms with van der Waals surface area (Å²) >= 11 is 3.43. The molecule has 0 N–H and O–H groups in total. The molecule has 0 aliphatic heterocycles. The molecule has 5 heteroatoms. The lowest BCUT2D eigenvalue weighted by Gasteiger charge is -2.13. The van der Waals surface area contributed by atoms with Gasteiger partial charge in [0.2, 0.25) is 5.88 Å². The summed E-state index contributed by atoms with van der Waals surface area (Å²) in [6.07, 6.45) is 0.903. The maximum Gasteiger partial charge on any atom is 0.274 e. The minimum Gasteiger partial charge on any atom is -0.476 e. The van der Waals surface area contributed by atoms with Gasteiger partial charge in [-0.2, -0.15) is 0 Å². The normalized spacial score (nSPS) is 11.2. The number of nitrogens with zero attached hydrogens (tertiary/aromatic N) is 2. The highest BCUT2D eigenvalue weighted by Gasteiger charge is 2.12. The van der Waals surface area contributed by atoms with Crippen molar-refractivity contribution in [1.29, 1.82) is 0 Å². The molecule has 1 aromatic heterocycles. The number of halogens is 1. The van der Waals surface area contributed by atoms with Crippen molar-refractivity contribution in [2.24, 2.45) is 5.92 Å². The molecule has 1 aromatic carbocycles. The summed E-state index contributed by atoms with van der Waals surface area (Å²) in [7, 11) is 0. The van der Waals surface area contributed by atoms with Crippen LogP contribution < -0.4 is 10.3 Å². The smallest absolute Gasteiger partial charge is 0.274 e. The van der Waals surface area contributed by atoms with Crippen molar-refractivity contribution in [3.63, 3.8) is 0 Å². The summed E-state index contributed by atoms with van der Waals surface area (Å²) in [5.74, 6) is 0.885. The van der Waals surface area contributed by atoms with Crippen molar-refractivity contribution in [2.75, 3.05) is 6.61 Å². The molecule has 0 atom stereocenters. The monoisotopic (exact) mass is 338 g/mol. The molecule has 1 heterocycles. The van der Waals surface area contributed by atoms with Crippen LogP contribution in [0.5, 0.6) is 5.88 Å². The van der Waals surface area contributed by atoms with Crippen molar-refractivity contribution in [1.82, 2.24) is 9.78 Å². The molecule has 2 aromatic rings. The van der Waals surface area contributed by atoms with E-state index in [2.05, 4.69) is 34.9 Å². The maximum atomic E-state index is 12.4. The lowest BCUT2D eigenvalue weighted by Crippen LogP contribution is -2.26. The quantitative estimate of drug-likeness (QED) is 0.836. The molecule has 4 nitrogen and oxygen atoms in total. The number of fused-ring (bicyclic) bond motifs is 1. The van der Waals surface area contributed by atoms with Crippen LogP contribution in [0.2, 0.25) is 0 Å². The summed E-state index contributed by atoms with van der Waals surface area (Å²) < 4.78 is 8.13. The Bertz CT molecular complexity index is 665. The molecule has 0 unspecified atom stereocenters. The fraction of sp³-hybridized carbons (Fsp3) is 0.467. The molecule has 0 saturated carbocycles. The summed E-state index contributed by atoms with van der Waals surface area (Å²) in [6, 6.07) is 5.57. The molecule has 0 radical (unpaired) electrons. The first-order valence-corrected chi connectivity index (χ1v) is 7.65. The second-order valence-electron chi connectivity index (χ2n) is 5.22. The van der Waals surface area contributed by atoms with E-state index in [4.69, 9.17) is 4.74 Å². The van der Waals surface area contributed by atoms with E-state index >= 15 is 0 Å². The van der Waals surface area contributed by atoms with E-state index in [1.807, 2.05) is 25.1 Å². The Morgan fingerprint density at radius 3 is 2.75 bits per heavy atom. The zero-order chi connectivity index (χ0) is 14.7. The lowest BCUT2D eigenvalue weighted by molar-refractivity contribution is 0.295. The van der Waals surface area contributed by atoms with Crippen LogP contribution in [0.4, 0.5) is 0 Å². The van der Waals surface area contributed by atoms with Crippen LogP contribution in [0.1, 0.15) is 27.2 Å². The lowest BCUT2D eigenvalue weighted by atomic mass is 10.2. The average molecular weight is 339 g/mol. The third-order valence-electron chi connectivity index (χ3n) is 2.87. The summed E-state index contributed by atoms with van der Waals surface area (Å²) in [5, 5.41) is 5.79. The van der Waals surface area contributed by atoms with E-state index in [1.54, 1.807) is 0 Å². The zero-order valence-electron chi connectivity index (χ0n) is 12.0. The third-order valence-corrected chi connectivity index (χ3v) is 3.36. The number of aromatic nitrogens is 2. The Labute approximate surface area is 126 Å². The summed E-state index contributed by atoms with van der Waals surface area (Å²) in [6.45, 7) is 7.35. The Morgan fingerprint density at radius 2 is 2.10 bits per heavy atom. The van der Waals surface area contributed by atoms with E-state index in [-0.39, 0.29) is 5.56 Å². The molecule has 108 valence electrons. The van der Waals surface area contributed by atoms with Gasteiger partial charge in [-0.25, -0.2) is 4.68 Å². The first-order chi connectivity index (χ1) is 9.52. The molecule has 0 aliphatic rings. The van der Waals surface area contributed by atoms with Gasteiger partial charge in [-0.05, 0) is 30.5 Å². The van der Waals surface area contributed by atoms with Crippen LogP contribution in [-0.4, -0.2) is 16.4 Å². The highest BCUT2D eigenvalue weighted by molar-refractivity contribution is 9.10. The average Bonchev–Trinajstić information content (AvgIpc) is 2.40. The van der Waals surface area contributed by atoms with Gasteiger partial charge in [0.05, 0.1) is 17.4 Å². The second-order valence-corrected chi connectivity index (χ2v) is 6.14. The van der Waals surface area contributed by atoms with E-state index < -0.39 is 0 Å². The molecular formula is C15H19BrN2O2. The van der Waals surface area contributed by atoms with Crippen LogP contribution in [-0.2, 0) is 6.54 Å². The van der Waals surface area contributed by atoms with Crippen molar-refractivity contribution in [2.45, 2.75) is 33.7 Å². The van der Waals surface area contributed by atoms with Crippen molar-refractivity contribution < 1.29 is 4.74 Å². The predicted molar refractivity (Wildman–Crippen MR) is 84.3 cm³/mol. The summed E-state index contributed by atoms with van der Waals surface area (Å²) in [4.78, 5) is 12.4. The van der Waals surface area contributed by atoms with Gasteiger partial charge in [0.15, 0.2) is 0 Å². The highest BCUT2D eigenvalue weighted by atomic mass is 79.9. The van der Waals surface area contributed by atoms with E-state index in [9.17, 15) is 4.79 Å². The molecule has 20 heavy (non-hydrogen) atoms. The SMILES string of the molecule is CCCOc1nn(CC(C)C)c(=O)c2ccc(Br)cc12. The van der Waals surface area contributed by atoms with E-state index in [1.165, 1.54) is 4.68 Å². The number of hydrogen-bond acceptors (Lipinski definition) is 3. The van der Waals surface area contributed by atoms with E-state index in [0.717, 1.165) is 16.3 Å².